The standard InChI is InChI=1S/C15H16N2O4/c1-9(8-12(18)19)14(20)13-10(2)16-17(15(13)21)11-6-4-3-5-7-11/h3-7,9,16H,8H2,1-2H3,(H,18,19). The highest BCUT2D eigenvalue weighted by Crippen LogP contribution is 2.13. The summed E-state index contributed by atoms with van der Waals surface area (Å²) in [6.07, 6.45) is -0.297. The van der Waals surface area contributed by atoms with Crippen LogP contribution < -0.4 is 5.56 Å². The third-order valence-corrected chi connectivity index (χ3v) is 3.26. The minimum atomic E-state index is -1.06. The number of hydrogen-bond acceptors (Lipinski definition) is 3. The van der Waals surface area contributed by atoms with Gasteiger partial charge in [-0.1, -0.05) is 25.1 Å². The number of nitrogens with one attached hydrogen (secondary N) is 1. The first-order chi connectivity index (χ1) is 9.91. The van der Waals surface area contributed by atoms with Gasteiger partial charge < -0.3 is 5.11 Å². The van der Waals surface area contributed by atoms with Crippen LogP contribution in [0.1, 0.15) is 29.4 Å². The Morgan fingerprint density at radius 2 is 1.90 bits per heavy atom. The highest BCUT2D eigenvalue weighted by molar-refractivity contribution is 5.99. The maximum Gasteiger partial charge on any atom is 0.304 e. The lowest BCUT2D eigenvalue weighted by molar-refractivity contribution is -0.137. The average molecular weight is 288 g/mol. The van der Waals surface area contributed by atoms with Crippen LogP contribution >= 0.6 is 0 Å². The summed E-state index contributed by atoms with van der Waals surface area (Å²) in [4.78, 5) is 35.4. The zero-order chi connectivity index (χ0) is 15.6. The number of hydrogen-bond donors (Lipinski definition) is 2. The van der Waals surface area contributed by atoms with E-state index in [4.69, 9.17) is 5.11 Å². The fourth-order valence-electron chi connectivity index (χ4n) is 2.20. The van der Waals surface area contributed by atoms with Crippen LogP contribution in [0.5, 0.6) is 0 Å². The number of aryl methyl sites for hydroxylation is 1. The monoisotopic (exact) mass is 288 g/mol. The van der Waals surface area contributed by atoms with Gasteiger partial charge in [0, 0.05) is 11.6 Å². The molecular formula is C15H16N2O4. The van der Waals surface area contributed by atoms with Gasteiger partial charge in [-0.3, -0.25) is 19.5 Å². The van der Waals surface area contributed by atoms with E-state index in [1.54, 1.807) is 31.2 Å². The molecule has 0 aliphatic carbocycles. The number of aromatic amines is 1. The number of ketones is 1. The summed E-state index contributed by atoms with van der Waals surface area (Å²) in [5.74, 6) is -2.26. The van der Waals surface area contributed by atoms with Crippen molar-refractivity contribution in [2.75, 3.05) is 0 Å². The Labute approximate surface area is 121 Å². The van der Waals surface area contributed by atoms with E-state index in [2.05, 4.69) is 5.10 Å². The number of rotatable bonds is 5. The second kappa shape index (κ2) is 5.78. The van der Waals surface area contributed by atoms with E-state index < -0.39 is 23.2 Å². The van der Waals surface area contributed by atoms with Crippen LogP contribution in [0.25, 0.3) is 5.69 Å². The molecule has 0 spiro atoms. The van der Waals surface area contributed by atoms with Crippen molar-refractivity contribution in [1.29, 1.82) is 0 Å². The average Bonchev–Trinajstić information content (AvgIpc) is 2.73. The van der Waals surface area contributed by atoms with E-state index in [0.29, 0.717) is 11.4 Å². The fraction of sp³-hybridized carbons (Fsp3) is 0.267. The van der Waals surface area contributed by atoms with E-state index in [1.807, 2.05) is 6.07 Å². The summed E-state index contributed by atoms with van der Waals surface area (Å²) < 4.78 is 1.29. The summed E-state index contributed by atoms with van der Waals surface area (Å²) in [5.41, 5.74) is 0.621. The molecule has 2 aromatic rings. The summed E-state index contributed by atoms with van der Waals surface area (Å²) in [5, 5.41) is 11.6. The second-order valence-electron chi connectivity index (χ2n) is 4.95. The molecular weight excluding hydrogens is 272 g/mol. The van der Waals surface area contributed by atoms with Crippen LogP contribution in [0.2, 0.25) is 0 Å². The SMILES string of the molecule is Cc1[nH]n(-c2ccccc2)c(=O)c1C(=O)C(C)CC(=O)O. The van der Waals surface area contributed by atoms with Crippen LogP contribution in [-0.4, -0.2) is 26.6 Å². The summed E-state index contributed by atoms with van der Waals surface area (Å²) in [7, 11) is 0. The molecule has 1 aromatic heterocycles. The third-order valence-electron chi connectivity index (χ3n) is 3.26. The maximum atomic E-state index is 12.4. The zero-order valence-corrected chi connectivity index (χ0v) is 11.8. The van der Waals surface area contributed by atoms with Crippen LogP contribution in [0.4, 0.5) is 0 Å². The second-order valence-corrected chi connectivity index (χ2v) is 4.95. The number of H-pyrrole nitrogens is 1. The van der Waals surface area contributed by atoms with E-state index in [0.717, 1.165) is 0 Å². The van der Waals surface area contributed by atoms with Crippen molar-refractivity contribution >= 4 is 11.8 Å². The topological polar surface area (TPSA) is 92.2 Å². The number of carboxylic acid groups (broad SMARTS) is 1. The van der Waals surface area contributed by atoms with Gasteiger partial charge in [-0.05, 0) is 19.1 Å². The fourth-order valence-corrected chi connectivity index (χ4v) is 2.20. The lowest BCUT2D eigenvalue weighted by atomic mass is 9.97. The van der Waals surface area contributed by atoms with Crippen molar-refractivity contribution < 1.29 is 14.7 Å². The van der Waals surface area contributed by atoms with E-state index in [9.17, 15) is 14.4 Å². The predicted octanol–water partition coefficient (Wildman–Crippen LogP) is 1.77. The molecule has 2 rings (SSSR count). The van der Waals surface area contributed by atoms with Crippen molar-refractivity contribution in [3.8, 4) is 5.69 Å². The van der Waals surface area contributed by atoms with Crippen molar-refractivity contribution in [3.63, 3.8) is 0 Å². The molecule has 110 valence electrons. The van der Waals surface area contributed by atoms with Gasteiger partial charge in [-0.2, -0.15) is 0 Å². The van der Waals surface area contributed by atoms with Crippen LogP contribution in [0.15, 0.2) is 35.1 Å². The Balaban J connectivity index is 2.43. The molecule has 0 aliphatic heterocycles. The van der Waals surface area contributed by atoms with Crippen molar-refractivity contribution in [1.82, 2.24) is 9.78 Å². The molecule has 0 saturated heterocycles. The van der Waals surface area contributed by atoms with Gasteiger partial charge in [0.1, 0.15) is 5.56 Å². The molecule has 6 nitrogen and oxygen atoms in total. The molecule has 0 saturated carbocycles. The molecule has 0 bridgehead atoms. The van der Waals surface area contributed by atoms with Crippen molar-refractivity contribution in [3.05, 3.63) is 51.9 Å². The molecule has 2 N–H and O–H groups in total. The first kappa shape index (κ1) is 14.8. The highest BCUT2D eigenvalue weighted by atomic mass is 16.4. The zero-order valence-electron chi connectivity index (χ0n) is 11.8. The molecule has 0 radical (unpaired) electrons. The minimum Gasteiger partial charge on any atom is -0.481 e. The summed E-state index contributed by atoms with van der Waals surface area (Å²) in [6.45, 7) is 3.14. The molecule has 0 aliphatic rings. The van der Waals surface area contributed by atoms with Crippen LogP contribution in [0.3, 0.4) is 0 Å². The molecule has 21 heavy (non-hydrogen) atoms. The van der Waals surface area contributed by atoms with Crippen molar-refractivity contribution in [2.45, 2.75) is 20.3 Å². The van der Waals surface area contributed by atoms with Gasteiger partial charge in [0.25, 0.3) is 5.56 Å². The molecule has 1 atom stereocenters. The normalized spacial score (nSPS) is 12.1. The Kier molecular flexibility index (Phi) is 4.07. The first-order valence-electron chi connectivity index (χ1n) is 6.55. The Morgan fingerprint density at radius 1 is 1.29 bits per heavy atom. The van der Waals surface area contributed by atoms with Crippen molar-refractivity contribution in [2.24, 2.45) is 5.92 Å². The van der Waals surface area contributed by atoms with E-state index >= 15 is 0 Å². The van der Waals surface area contributed by atoms with Gasteiger partial charge in [0.15, 0.2) is 5.78 Å². The third kappa shape index (κ3) is 2.94. The largest absolute Gasteiger partial charge is 0.481 e. The van der Waals surface area contributed by atoms with Crippen LogP contribution in [-0.2, 0) is 4.79 Å². The molecule has 1 aromatic carbocycles. The molecule has 1 heterocycles. The number of aliphatic carboxylic acids is 1. The quantitative estimate of drug-likeness (QED) is 0.820. The highest BCUT2D eigenvalue weighted by Gasteiger charge is 2.25. The molecule has 1 unspecified atom stereocenters. The van der Waals surface area contributed by atoms with Gasteiger partial charge in [0.05, 0.1) is 12.1 Å². The summed E-state index contributed by atoms with van der Waals surface area (Å²) in [6, 6.07) is 8.88. The first-order valence-corrected chi connectivity index (χ1v) is 6.55. The maximum absolute atomic E-state index is 12.4. The van der Waals surface area contributed by atoms with Crippen LogP contribution in [0, 0.1) is 12.8 Å². The Bertz CT molecular complexity index is 728. The number of benzene rings is 1. The molecule has 0 fully saturated rings. The number of nitrogens with zero attached hydrogens (tertiary/aromatic N) is 1. The number of aromatic nitrogens is 2. The number of para-hydroxylation sites is 1. The Hall–Kier alpha value is -2.63. The van der Waals surface area contributed by atoms with Gasteiger partial charge in [-0.25, -0.2) is 4.68 Å². The molecule has 0 amide bonds. The lowest BCUT2D eigenvalue weighted by Crippen LogP contribution is -2.24. The minimum absolute atomic E-state index is 0.0209. The molecule has 6 heteroatoms. The number of carbonyl (C=O) groups excluding carboxylic acids is 1. The van der Waals surface area contributed by atoms with Gasteiger partial charge in [0.2, 0.25) is 0 Å². The lowest BCUT2D eigenvalue weighted by Gasteiger charge is -2.05. The number of carboxylic acids is 1. The van der Waals surface area contributed by atoms with Gasteiger partial charge in [-0.15, -0.1) is 0 Å². The number of carbonyl (C=O) groups is 2. The number of Topliss-reactive ketones (excluding diaryl/α,β-unsaturated/α-hetero) is 1. The Morgan fingerprint density at radius 3 is 2.48 bits per heavy atom. The smallest absolute Gasteiger partial charge is 0.304 e. The predicted molar refractivity (Wildman–Crippen MR) is 76.9 cm³/mol. The van der Waals surface area contributed by atoms with E-state index in [-0.39, 0.29) is 12.0 Å². The van der Waals surface area contributed by atoms with E-state index in [1.165, 1.54) is 11.6 Å². The summed E-state index contributed by atoms with van der Waals surface area (Å²) >= 11 is 0. The van der Waals surface area contributed by atoms with Gasteiger partial charge >= 0.3 is 5.97 Å².